The van der Waals surface area contributed by atoms with Gasteiger partial charge in [0.25, 0.3) is 22.7 Å². The molecule has 0 fully saturated rings. The largest absolute Gasteiger partial charge is 0.478 e. The molecule has 0 spiro atoms. The van der Waals surface area contributed by atoms with Gasteiger partial charge in [-0.3, -0.25) is 50.4 Å². The van der Waals surface area contributed by atoms with Crippen LogP contribution in [0.1, 0.15) is 262 Å². The molecular formula is C84H124N8O12. The van der Waals surface area contributed by atoms with E-state index in [-0.39, 0.29) is 111 Å². The van der Waals surface area contributed by atoms with E-state index >= 15 is 0 Å². The van der Waals surface area contributed by atoms with Crippen LogP contribution in [-0.2, 0) is 43.3 Å². The molecule has 1 N–H and O–H groups in total. The molecule has 572 valence electrons. The number of pyridine rings is 3. The highest BCUT2D eigenvalue weighted by atomic mass is 16.6. The van der Waals surface area contributed by atoms with E-state index in [1.165, 1.54) is 36.2 Å². The van der Waals surface area contributed by atoms with Crippen LogP contribution in [0.25, 0.3) is 0 Å². The van der Waals surface area contributed by atoms with Crippen LogP contribution in [-0.4, -0.2) is 50.6 Å². The number of rotatable bonds is 6. The van der Waals surface area contributed by atoms with Crippen molar-refractivity contribution in [3.05, 3.63) is 288 Å². The van der Waals surface area contributed by atoms with Crippen LogP contribution < -0.4 is 0 Å². The summed E-state index contributed by atoms with van der Waals surface area (Å²) in [4.78, 5) is 73.7. The summed E-state index contributed by atoms with van der Waals surface area (Å²) in [5.41, 5.74) is 10.7. The average Bonchev–Trinajstić information content (AvgIpc) is 0.843. The zero-order chi connectivity index (χ0) is 77.3. The summed E-state index contributed by atoms with van der Waals surface area (Å²) < 4.78 is 0. The number of nitro groups is 5. The molecule has 104 heavy (non-hydrogen) atoms. The lowest BCUT2D eigenvalue weighted by Crippen LogP contribution is -2.13. The minimum atomic E-state index is -0.853. The van der Waals surface area contributed by atoms with Crippen LogP contribution in [0.3, 0.4) is 0 Å². The molecule has 20 nitrogen and oxygen atoms in total. The van der Waals surface area contributed by atoms with Gasteiger partial charge in [0.2, 0.25) is 0 Å². The molecule has 20 heteroatoms. The van der Waals surface area contributed by atoms with Crippen LogP contribution in [0.2, 0.25) is 0 Å². The van der Waals surface area contributed by atoms with E-state index in [0.29, 0.717) is 11.0 Å². The third-order valence-electron chi connectivity index (χ3n) is 14.9. The number of non-ortho nitro benzene ring substituents is 1. The molecule has 0 radical (unpaired) electrons. The molecule has 0 aliphatic rings. The number of nitro benzene ring substituents is 3. The number of carboxylic acid groups (broad SMARTS) is 1. The van der Waals surface area contributed by atoms with E-state index < -0.39 is 15.8 Å². The third kappa shape index (κ3) is 36.2. The minimum absolute atomic E-state index is 0. The second kappa shape index (κ2) is 42.6. The highest BCUT2D eigenvalue weighted by Gasteiger charge is 2.26. The molecule has 8 rings (SSSR count). The van der Waals surface area contributed by atoms with Crippen molar-refractivity contribution in [1.29, 1.82) is 0 Å². The van der Waals surface area contributed by atoms with Crippen LogP contribution in [0.5, 0.6) is 0 Å². The molecule has 0 saturated heterocycles. The van der Waals surface area contributed by atoms with Crippen LogP contribution >= 0.6 is 0 Å². The summed E-state index contributed by atoms with van der Waals surface area (Å²) in [6, 6.07) is 47.3. The molecule has 0 aliphatic heterocycles. The van der Waals surface area contributed by atoms with Crippen LogP contribution in [0.4, 0.5) is 28.6 Å². The normalized spacial score (nSPS) is 10.9. The molecule has 0 amide bonds. The lowest BCUT2D eigenvalue weighted by atomic mass is 9.85. The van der Waals surface area contributed by atoms with Crippen LogP contribution in [0, 0.1) is 64.4 Å². The van der Waals surface area contributed by atoms with Gasteiger partial charge >= 0.3 is 11.8 Å². The number of hydrogen-bond acceptors (Lipinski definition) is 14. The van der Waals surface area contributed by atoms with Gasteiger partial charge in [-0.15, -0.1) is 0 Å². The van der Waals surface area contributed by atoms with Crippen molar-refractivity contribution in [1.82, 2.24) is 15.0 Å². The predicted octanol–water partition coefficient (Wildman–Crippen LogP) is 24.5. The maximum Gasteiger partial charge on any atom is 0.363 e. The Hall–Kier alpha value is -9.98. The van der Waals surface area contributed by atoms with Crippen molar-refractivity contribution in [2.45, 2.75) is 253 Å². The Balaban J connectivity index is -0.000000548. The SMILES string of the molecule is C.C.C.C.CC(C)(C)c1cc([N+](=O)[O-])ccn1.CC(C)(C)c1ccc([N+](=O)[O-])cc1.CC(C)(C)c1ccccc1.CC(C)(C)c1ccccc1[N+](=O)[O-].CC(C)(C)c1ccccn1.CC(C)(C)c1ccnc([N+](=O)[O-])c1.Cc1ccc(C(C)(C)C)c([N+](=O)[O-])c1.Cc1ccc(C(C)(C)C)cc1C(=O)O. The van der Waals surface area contributed by atoms with E-state index in [9.17, 15) is 55.4 Å². The Bertz CT molecular complexity index is 3830. The Morgan fingerprint density at radius 1 is 0.327 bits per heavy atom. The van der Waals surface area contributed by atoms with Gasteiger partial charge < -0.3 is 15.2 Å². The maximum absolute atomic E-state index is 10.9. The molecule has 0 atom stereocenters. The van der Waals surface area contributed by atoms with E-state index in [1.54, 1.807) is 60.7 Å². The highest BCUT2D eigenvalue weighted by Crippen LogP contribution is 2.34. The van der Waals surface area contributed by atoms with E-state index in [1.807, 2.05) is 146 Å². The second-order valence-corrected chi connectivity index (χ2v) is 32.1. The number of nitrogens with zero attached hydrogens (tertiary/aromatic N) is 8. The average molecular weight is 1440 g/mol. The van der Waals surface area contributed by atoms with Gasteiger partial charge in [0.1, 0.15) is 6.20 Å². The smallest absolute Gasteiger partial charge is 0.363 e. The molecule has 8 aromatic rings. The highest BCUT2D eigenvalue weighted by molar-refractivity contribution is 5.89. The van der Waals surface area contributed by atoms with Crippen LogP contribution in [0.15, 0.2) is 176 Å². The topological polar surface area (TPSA) is 292 Å². The molecule has 3 heterocycles. The number of carbonyl (C=O) groups is 1. The maximum atomic E-state index is 10.9. The standard InChI is InChI=1S/C12H16O2.C11H15NO2.2C10H13NO2.C10H14.2C9H12N2O2.C9H13N.4CH4/c1-8-5-6-9(12(2,3)4)7-10(8)11(13)14;1-8-5-6-9(11(2,3)4)10(7-8)12(13)14;1-10(2,3)8-4-6-9(7-5-8)11(12)13;1-10(2,3)8-6-4-5-7-9(8)11(12)13;1-10(2,3)9-7-5-4-6-8-9;1-9(2,3)8-6-7(11(12)13)4-5-10-8;1-9(2,3)7-4-5-10-8(6-7)11(12)13;1-9(2,3)8-6-4-5-7-10-8;;;;/h5-7H,1-4H3,(H,13,14);5-7H,1-4H3;2*4-7H,1-3H3;4-8H,1-3H3;2*4-6H,1-3H3;4-7H,1-3H3;4*1H4. The Kier molecular flexibility index (Phi) is 41.1. The number of para-hydroxylation sites is 1. The lowest BCUT2D eigenvalue weighted by molar-refractivity contribution is -0.389. The molecule has 0 bridgehead atoms. The van der Waals surface area contributed by atoms with Crippen molar-refractivity contribution in [3.8, 4) is 0 Å². The molecular weight excluding hydrogens is 1310 g/mol. The Labute approximate surface area is 622 Å². The monoisotopic (exact) mass is 1440 g/mol. The van der Waals surface area contributed by atoms with Crippen molar-refractivity contribution in [2.24, 2.45) is 0 Å². The number of aromatic nitrogens is 3. The fourth-order valence-electron chi connectivity index (χ4n) is 8.77. The Morgan fingerprint density at radius 3 is 1.11 bits per heavy atom. The summed E-state index contributed by atoms with van der Waals surface area (Å²) in [6.45, 7) is 53.1. The van der Waals surface area contributed by atoms with Gasteiger partial charge in [-0.25, -0.2) is 4.79 Å². The number of aryl methyl sites for hydroxylation is 2. The molecule has 5 aromatic carbocycles. The van der Waals surface area contributed by atoms with Crippen molar-refractivity contribution >= 4 is 34.5 Å². The Morgan fingerprint density at radius 2 is 0.731 bits per heavy atom. The fourth-order valence-corrected chi connectivity index (χ4v) is 8.77. The second-order valence-electron chi connectivity index (χ2n) is 32.1. The molecule has 0 unspecified atom stereocenters. The van der Waals surface area contributed by atoms with Crippen molar-refractivity contribution < 1.29 is 34.5 Å². The van der Waals surface area contributed by atoms with Gasteiger partial charge in [-0.2, -0.15) is 0 Å². The zero-order valence-corrected chi connectivity index (χ0v) is 63.8. The summed E-state index contributed by atoms with van der Waals surface area (Å²) >= 11 is 0. The first kappa shape index (κ1) is 100. The van der Waals surface area contributed by atoms with E-state index in [0.717, 1.165) is 50.3 Å². The number of benzene rings is 5. The summed E-state index contributed by atoms with van der Waals surface area (Å²) in [6.07, 6.45) is 4.78. The summed E-state index contributed by atoms with van der Waals surface area (Å²) in [5, 5.41) is 61.7. The van der Waals surface area contributed by atoms with Gasteiger partial charge in [-0.05, 0) is 114 Å². The van der Waals surface area contributed by atoms with Gasteiger partial charge in [0.15, 0.2) is 0 Å². The first-order valence-corrected chi connectivity index (χ1v) is 32.8. The first-order chi connectivity index (χ1) is 45.5. The van der Waals surface area contributed by atoms with Crippen molar-refractivity contribution in [3.63, 3.8) is 0 Å². The van der Waals surface area contributed by atoms with Gasteiger partial charge in [0, 0.05) is 82.5 Å². The predicted molar refractivity (Wildman–Crippen MR) is 431 cm³/mol. The number of aromatic carboxylic acids is 1. The summed E-state index contributed by atoms with van der Waals surface area (Å²) in [5.74, 6) is -0.943. The molecule has 0 aliphatic carbocycles. The quantitative estimate of drug-likeness (QED) is 0.120. The zero-order valence-electron chi connectivity index (χ0n) is 63.8. The van der Waals surface area contributed by atoms with Gasteiger partial charge in [0.05, 0.1) is 31.0 Å². The molecule has 0 saturated carbocycles. The lowest BCUT2D eigenvalue weighted by Gasteiger charge is -2.19. The fraction of sp³-hybridized carbons (Fsp3) is 0.452. The van der Waals surface area contributed by atoms with Gasteiger partial charge in [-0.1, -0.05) is 287 Å². The third-order valence-corrected chi connectivity index (χ3v) is 14.9. The van der Waals surface area contributed by atoms with E-state index in [4.69, 9.17) is 5.11 Å². The van der Waals surface area contributed by atoms with E-state index in [2.05, 4.69) is 134 Å². The first-order valence-electron chi connectivity index (χ1n) is 32.8. The summed E-state index contributed by atoms with van der Waals surface area (Å²) in [7, 11) is 0. The number of carboxylic acids is 1. The molecule has 3 aromatic heterocycles. The minimum Gasteiger partial charge on any atom is -0.478 e. The van der Waals surface area contributed by atoms with Crippen molar-refractivity contribution in [2.75, 3.05) is 0 Å². The number of hydrogen-bond donors (Lipinski definition) is 1.